The summed E-state index contributed by atoms with van der Waals surface area (Å²) in [5, 5.41) is 30.0. The molecule has 0 aromatic heterocycles. The number of carbonyl (C=O) groups excluding carboxylic acids is 1. The highest BCUT2D eigenvalue weighted by Gasteiger charge is 2.33. The highest BCUT2D eigenvalue weighted by atomic mass is 35.5. The summed E-state index contributed by atoms with van der Waals surface area (Å²) >= 11 is 6.42. The molecule has 5 rings (SSSR count). The molecule has 2 atom stereocenters. The van der Waals surface area contributed by atoms with Gasteiger partial charge >= 0.3 is 0 Å². The molecule has 1 saturated heterocycles. The molecule has 2 fully saturated rings. The molecule has 0 radical (unpaired) electrons. The molecule has 1 aliphatic heterocycles. The molecular weight excluding hydrogens is 490 g/mol. The SMILES string of the molecule is O=C(N[C@H](CN1CCC1)[C@H](O)c1cccc(Cl)c1OC1CC1)/C(CCc1ccc2ccccc2c1)=N/O. The smallest absolute Gasteiger partial charge is 0.269 e. The third-order valence-electron chi connectivity index (χ3n) is 7.07. The van der Waals surface area contributed by atoms with Crippen molar-refractivity contribution in [2.24, 2.45) is 5.16 Å². The van der Waals surface area contributed by atoms with Gasteiger partial charge in [-0.1, -0.05) is 71.4 Å². The van der Waals surface area contributed by atoms with Crippen molar-refractivity contribution < 1.29 is 19.8 Å². The van der Waals surface area contributed by atoms with Crippen molar-refractivity contribution >= 4 is 34.0 Å². The minimum absolute atomic E-state index is 0.0227. The van der Waals surface area contributed by atoms with E-state index in [1.807, 2.05) is 30.3 Å². The number of oxime groups is 1. The summed E-state index contributed by atoms with van der Waals surface area (Å²) in [6.07, 6.45) is 2.88. The largest absolute Gasteiger partial charge is 0.488 e. The molecule has 7 nitrogen and oxygen atoms in total. The Balaban J connectivity index is 1.29. The number of fused-ring (bicyclic) bond motifs is 1. The number of rotatable bonds is 11. The van der Waals surface area contributed by atoms with E-state index < -0.39 is 18.1 Å². The summed E-state index contributed by atoms with van der Waals surface area (Å²) in [5.41, 5.74) is 1.61. The number of nitrogens with one attached hydrogen (secondary N) is 1. The number of aryl methyl sites for hydroxylation is 1. The Hall–Kier alpha value is -3.13. The lowest BCUT2D eigenvalue weighted by atomic mass is 9.98. The van der Waals surface area contributed by atoms with Crippen molar-refractivity contribution in [2.75, 3.05) is 19.6 Å². The number of amides is 1. The summed E-state index contributed by atoms with van der Waals surface area (Å²) in [6.45, 7) is 2.28. The number of likely N-dealkylation sites (tertiary alicyclic amines) is 1. The Morgan fingerprint density at radius 2 is 1.89 bits per heavy atom. The number of benzene rings is 3. The summed E-state index contributed by atoms with van der Waals surface area (Å²) in [6, 6.07) is 18.9. The van der Waals surface area contributed by atoms with Crippen LogP contribution < -0.4 is 10.1 Å². The topological polar surface area (TPSA) is 94.4 Å². The normalized spacial score (nSPS) is 17.7. The van der Waals surface area contributed by atoms with Crippen LogP contribution in [0.3, 0.4) is 0 Å². The number of hydrogen-bond donors (Lipinski definition) is 3. The molecule has 37 heavy (non-hydrogen) atoms. The van der Waals surface area contributed by atoms with Crippen molar-refractivity contribution in [2.45, 2.75) is 50.4 Å². The number of ether oxygens (including phenoxy) is 1. The minimum Gasteiger partial charge on any atom is -0.488 e. The van der Waals surface area contributed by atoms with E-state index in [0.717, 1.165) is 48.7 Å². The average molecular weight is 522 g/mol. The number of aliphatic hydroxyl groups is 1. The van der Waals surface area contributed by atoms with E-state index in [1.165, 1.54) is 0 Å². The van der Waals surface area contributed by atoms with Gasteiger partial charge in [0.2, 0.25) is 0 Å². The number of halogens is 1. The summed E-state index contributed by atoms with van der Waals surface area (Å²) in [7, 11) is 0. The number of aliphatic hydroxyl groups excluding tert-OH is 1. The Morgan fingerprint density at radius 3 is 2.59 bits per heavy atom. The molecule has 0 unspecified atom stereocenters. The zero-order valence-corrected chi connectivity index (χ0v) is 21.4. The fourth-order valence-corrected chi connectivity index (χ4v) is 4.86. The summed E-state index contributed by atoms with van der Waals surface area (Å²) in [4.78, 5) is 15.4. The Morgan fingerprint density at radius 1 is 1.11 bits per heavy atom. The number of para-hydroxylation sites is 1. The summed E-state index contributed by atoms with van der Waals surface area (Å²) < 4.78 is 6.01. The van der Waals surface area contributed by atoms with Gasteiger partial charge in [0.15, 0.2) is 0 Å². The maximum Gasteiger partial charge on any atom is 0.269 e. The van der Waals surface area contributed by atoms with E-state index in [-0.39, 0.29) is 18.2 Å². The maximum absolute atomic E-state index is 13.2. The van der Waals surface area contributed by atoms with Gasteiger partial charge < -0.3 is 25.3 Å². The Bertz CT molecular complexity index is 1290. The van der Waals surface area contributed by atoms with Crippen molar-refractivity contribution in [1.29, 1.82) is 0 Å². The standard InChI is InChI=1S/C29H32ClN3O4/c30-24-8-3-7-23(28(24)37-22-12-13-22)27(34)26(18-33-15-4-16-33)31-29(35)25(32-36)14-10-19-9-11-20-5-1-2-6-21(20)17-19/h1-3,5-9,11,17,22,26-27,34,36H,4,10,12-16,18H2,(H,31,35)/b32-25+/t26-,27-/m1/s1. The number of nitrogens with zero attached hydrogens (tertiary/aromatic N) is 2. The molecule has 2 aliphatic rings. The quantitative estimate of drug-likeness (QED) is 0.193. The predicted octanol–water partition coefficient (Wildman–Crippen LogP) is 4.72. The lowest BCUT2D eigenvalue weighted by molar-refractivity contribution is -0.117. The van der Waals surface area contributed by atoms with Gasteiger partial charge in [-0.25, -0.2) is 0 Å². The highest BCUT2D eigenvalue weighted by molar-refractivity contribution is 6.38. The molecule has 0 bridgehead atoms. The minimum atomic E-state index is -1.04. The first-order valence-electron chi connectivity index (χ1n) is 12.9. The van der Waals surface area contributed by atoms with E-state index in [4.69, 9.17) is 16.3 Å². The second-order valence-electron chi connectivity index (χ2n) is 9.88. The molecule has 1 amide bonds. The lowest BCUT2D eigenvalue weighted by Crippen LogP contribution is -2.52. The van der Waals surface area contributed by atoms with Crippen LogP contribution in [0.4, 0.5) is 0 Å². The first-order valence-corrected chi connectivity index (χ1v) is 13.2. The van der Waals surface area contributed by atoms with Gasteiger partial charge in [0, 0.05) is 18.5 Å². The summed E-state index contributed by atoms with van der Waals surface area (Å²) in [5.74, 6) is -0.0334. The van der Waals surface area contributed by atoms with Crippen LogP contribution in [-0.4, -0.2) is 58.6 Å². The molecule has 3 aromatic rings. The van der Waals surface area contributed by atoms with E-state index in [1.54, 1.807) is 18.2 Å². The number of carbonyl (C=O) groups is 1. The maximum atomic E-state index is 13.2. The van der Waals surface area contributed by atoms with Gasteiger partial charge in [-0.15, -0.1) is 0 Å². The fraction of sp³-hybridized carbons (Fsp3) is 0.379. The van der Waals surface area contributed by atoms with E-state index in [2.05, 4.69) is 27.5 Å². The molecule has 0 spiro atoms. The van der Waals surface area contributed by atoms with Crippen molar-refractivity contribution in [3.8, 4) is 5.75 Å². The van der Waals surface area contributed by atoms with Crippen molar-refractivity contribution in [3.63, 3.8) is 0 Å². The van der Waals surface area contributed by atoms with E-state index >= 15 is 0 Å². The van der Waals surface area contributed by atoms with Crippen LogP contribution in [0.5, 0.6) is 5.75 Å². The molecule has 1 aliphatic carbocycles. The third kappa shape index (κ3) is 6.24. The molecule has 8 heteroatoms. The van der Waals surface area contributed by atoms with Gasteiger partial charge in [0.05, 0.1) is 17.2 Å². The zero-order chi connectivity index (χ0) is 25.8. The van der Waals surface area contributed by atoms with Crippen LogP contribution in [0, 0.1) is 0 Å². The molecule has 1 heterocycles. The van der Waals surface area contributed by atoms with Gasteiger partial charge in [0.1, 0.15) is 17.6 Å². The van der Waals surface area contributed by atoms with Crippen molar-refractivity contribution in [3.05, 3.63) is 76.8 Å². The number of hydrogen-bond acceptors (Lipinski definition) is 6. The Kier molecular flexibility index (Phi) is 7.93. The molecule has 194 valence electrons. The Labute approximate surface area is 221 Å². The van der Waals surface area contributed by atoms with Crippen LogP contribution in [0.2, 0.25) is 5.02 Å². The van der Waals surface area contributed by atoms with Crippen LogP contribution >= 0.6 is 11.6 Å². The van der Waals surface area contributed by atoms with Gasteiger partial charge in [-0.05, 0) is 61.2 Å². The predicted molar refractivity (Wildman–Crippen MR) is 145 cm³/mol. The van der Waals surface area contributed by atoms with E-state index in [9.17, 15) is 15.1 Å². The molecule has 1 saturated carbocycles. The van der Waals surface area contributed by atoms with Crippen LogP contribution in [-0.2, 0) is 11.2 Å². The van der Waals surface area contributed by atoms with Crippen LogP contribution in [0.1, 0.15) is 42.9 Å². The van der Waals surface area contributed by atoms with Crippen molar-refractivity contribution in [1.82, 2.24) is 10.2 Å². The second-order valence-corrected chi connectivity index (χ2v) is 10.3. The van der Waals surface area contributed by atoms with Gasteiger partial charge in [0.25, 0.3) is 5.91 Å². The fourth-order valence-electron chi connectivity index (χ4n) is 4.64. The highest BCUT2D eigenvalue weighted by Crippen LogP contribution is 2.38. The van der Waals surface area contributed by atoms with E-state index in [0.29, 0.717) is 29.3 Å². The third-order valence-corrected chi connectivity index (χ3v) is 7.37. The van der Waals surface area contributed by atoms with Crippen LogP contribution in [0.15, 0.2) is 65.8 Å². The second kappa shape index (κ2) is 11.5. The van der Waals surface area contributed by atoms with Gasteiger partial charge in [-0.3, -0.25) is 4.79 Å². The lowest BCUT2D eigenvalue weighted by Gasteiger charge is -2.36. The first-order chi connectivity index (χ1) is 18.0. The first kappa shape index (κ1) is 25.5. The zero-order valence-electron chi connectivity index (χ0n) is 20.6. The molecule has 3 N–H and O–H groups in total. The molecule has 3 aromatic carbocycles. The average Bonchev–Trinajstić information content (AvgIpc) is 3.70. The monoisotopic (exact) mass is 521 g/mol. The van der Waals surface area contributed by atoms with Crippen LogP contribution in [0.25, 0.3) is 10.8 Å². The van der Waals surface area contributed by atoms with Gasteiger partial charge in [-0.2, -0.15) is 0 Å². The molecular formula is C29H32ClN3O4.